The van der Waals surface area contributed by atoms with Crippen LogP contribution in [0.25, 0.3) is 0 Å². The lowest BCUT2D eigenvalue weighted by Crippen LogP contribution is -2.31. The van der Waals surface area contributed by atoms with Crippen LogP contribution in [-0.2, 0) is 10.0 Å². The lowest BCUT2D eigenvalue weighted by Gasteiger charge is -2.18. The number of hydrogen-bond acceptors (Lipinski definition) is 4. The summed E-state index contributed by atoms with van der Waals surface area (Å²) >= 11 is 0. The Kier molecular flexibility index (Phi) is 6.52. The number of hydrogen-bond donors (Lipinski definition) is 1. The van der Waals surface area contributed by atoms with Gasteiger partial charge >= 0.3 is 0 Å². The average molecular weight is 296 g/mol. The van der Waals surface area contributed by atoms with Crippen LogP contribution in [0.4, 0.5) is 0 Å². The highest BCUT2D eigenvalue weighted by Crippen LogP contribution is 2.19. The van der Waals surface area contributed by atoms with E-state index in [4.69, 9.17) is 16.9 Å². The molecule has 0 atom stereocenters. The molecule has 2 N–H and O–H groups in total. The molecule has 0 heterocycles. The first-order chi connectivity index (χ1) is 9.56. The summed E-state index contributed by atoms with van der Waals surface area (Å²) in [6.45, 7) is 3.22. The summed E-state index contributed by atoms with van der Waals surface area (Å²) < 4.78 is 31.3. The van der Waals surface area contributed by atoms with Gasteiger partial charge in [0.05, 0.1) is 18.0 Å². The molecule has 5 nitrogen and oxygen atoms in total. The van der Waals surface area contributed by atoms with Crippen molar-refractivity contribution in [1.82, 2.24) is 4.31 Å². The Bertz CT molecular complexity index is 547. The highest BCUT2D eigenvalue weighted by molar-refractivity contribution is 7.89. The van der Waals surface area contributed by atoms with Crippen molar-refractivity contribution in [2.75, 3.05) is 26.2 Å². The summed E-state index contributed by atoms with van der Waals surface area (Å²) in [5, 5.41) is 0. The maximum absolute atomic E-state index is 12.3. The summed E-state index contributed by atoms with van der Waals surface area (Å²) in [6, 6.07) is 6.30. The van der Waals surface area contributed by atoms with E-state index >= 15 is 0 Å². The predicted molar refractivity (Wildman–Crippen MR) is 78.9 cm³/mol. The van der Waals surface area contributed by atoms with Crippen LogP contribution in [-0.4, -0.2) is 39.0 Å². The van der Waals surface area contributed by atoms with E-state index in [1.54, 1.807) is 19.1 Å². The second kappa shape index (κ2) is 7.90. The van der Waals surface area contributed by atoms with Gasteiger partial charge in [0.1, 0.15) is 5.75 Å². The molecule has 0 spiro atoms. The topological polar surface area (TPSA) is 72.6 Å². The smallest absolute Gasteiger partial charge is 0.243 e. The fourth-order valence-corrected chi connectivity index (χ4v) is 2.96. The summed E-state index contributed by atoms with van der Waals surface area (Å²) in [5.74, 6) is 2.97. The van der Waals surface area contributed by atoms with Crippen LogP contribution in [0, 0.1) is 12.3 Å². The number of ether oxygens (including phenoxy) is 1. The first kappa shape index (κ1) is 16.5. The van der Waals surface area contributed by atoms with Crippen LogP contribution < -0.4 is 10.5 Å². The molecule has 0 aromatic heterocycles. The third-order valence-corrected chi connectivity index (χ3v) is 4.63. The predicted octanol–water partition coefficient (Wildman–Crippen LogP) is 1.06. The van der Waals surface area contributed by atoms with Crippen LogP contribution in [0.1, 0.15) is 13.3 Å². The van der Waals surface area contributed by atoms with Crippen molar-refractivity contribution in [3.8, 4) is 18.1 Å². The third kappa shape index (κ3) is 4.23. The molecule has 0 aliphatic carbocycles. The van der Waals surface area contributed by atoms with Crippen molar-refractivity contribution >= 4 is 10.0 Å². The first-order valence-corrected chi connectivity index (χ1v) is 7.86. The Morgan fingerprint density at radius 1 is 1.35 bits per heavy atom. The Hall–Kier alpha value is -1.55. The minimum absolute atomic E-state index is 0.0631. The van der Waals surface area contributed by atoms with Crippen LogP contribution >= 0.6 is 0 Å². The monoisotopic (exact) mass is 296 g/mol. The summed E-state index contributed by atoms with van der Waals surface area (Å²) in [7, 11) is -3.54. The molecule has 20 heavy (non-hydrogen) atoms. The second-order valence-electron chi connectivity index (χ2n) is 4.10. The van der Waals surface area contributed by atoms with Gasteiger partial charge in [-0.15, -0.1) is 6.42 Å². The SMILES string of the molecule is C#CCN(CC)S(=O)(=O)c1ccc(OCCCN)cc1. The number of rotatable bonds is 8. The molecule has 0 bridgehead atoms. The molecule has 0 amide bonds. The molecular formula is C14H20N2O3S. The maximum atomic E-state index is 12.3. The van der Waals surface area contributed by atoms with E-state index in [-0.39, 0.29) is 11.4 Å². The highest BCUT2D eigenvalue weighted by Gasteiger charge is 2.21. The lowest BCUT2D eigenvalue weighted by atomic mass is 10.3. The van der Waals surface area contributed by atoms with Crippen LogP contribution in [0.3, 0.4) is 0 Å². The fraction of sp³-hybridized carbons (Fsp3) is 0.429. The quantitative estimate of drug-likeness (QED) is 0.575. The van der Waals surface area contributed by atoms with Gasteiger partial charge in [0.25, 0.3) is 0 Å². The molecule has 0 unspecified atom stereocenters. The van der Waals surface area contributed by atoms with Crippen molar-refractivity contribution in [2.45, 2.75) is 18.2 Å². The molecule has 1 aromatic rings. The molecule has 0 radical (unpaired) electrons. The molecule has 110 valence electrons. The maximum Gasteiger partial charge on any atom is 0.243 e. The van der Waals surface area contributed by atoms with Crippen molar-refractivity contribution in [1.29, 1.82) is 0 Å². The van der Waals surface area contributed by atoms with E-state index in [0.717, 1.165) is 6.42 Å². The Labute approximate surface area is 120 Å². The van der Waals surface area contributed by atoms with Gasteiger partial charge in [-0.3, -0.25) is 0 Å². The normalized spacial score (nSPS) is 11.3. The Balaban J connectivity index is 2.84. The van der Waals surface area contributed by atoms with Crippen molar-refractivity contribution < 1.29 is 13.2 Å². The van der Waals surface area contributed by atoms with E-state index < -0.39 is 10.0 Å². The van der Waals surface area contributed by atoms with Crippen molar-refractivity contribution in [3.05, 3.63) is 24.3 Å². The van der Waals surface area contributed by atoms with E-state index in [9.17, 15) is 8.42 Å². The first-order valence-electron chi connectivity index (χ1n) is 6.42. The second-order valence-corrected chi connectivity index (χ2v) is 6.04. The number of terminal acetylenes is 1. The van der Waals surface area contributed by atoms with Crippen molar-refractivity contribution in [2.24, 2.45) is 5.73 Å². The zero-order valence-corrected chi connectivity index (χ0v) is 12.4. The highest BCUT2D eigenvalue weighted by atomic mass is 32.2. The van der Waals surface area contributed by atoms with E-state index in [0.29, 0.717) is 25.4 Å². The van der Waals surface area contributed by atoms with Gasteiger partial charge in [-0.2, -0.15) is 4.31 Å². The number of nitrogens with two attached hydrogens (primary N) is 1. The van der Waals surface area contributed by atoms with Gasteiger partial charge in [-0.05, 0) is 37.2 Å². The van der Waals surface area contributed by atoms with Gasteiger partial charge in [0, 0.05) is 6.54 Å². The molecule has 0 fully saturated rings. The van der Waals surface area contributed by atoms with Crippen LogP contribution in [0.15, 0.2) is 29.2 Å². The van der Waals surface area contributed by atoms with Crippen LogP contribution in [0.2, 0.25) is 0 Å². The zero-order chi connectivity index (χ0) is 15.0. The third-order valence-electron chi connectivity index (χ3n) is 2.70. The van der Waals surface area contributed by atoms with Crippen LogP contribution in [0.5, 0.6) is 5.75 Å². The van der Waals surface area contributed by atoms with Gasteiger partial charge in [-0.25, -0.2) is 8.42 Å². The molecule has 0 saturated heterocycles. The number of benzene rings is 1. The Morgan fingerprint density at radius 2 is 2.00 bits per heavy atom. The standard InChI is InChI=1S/C14H20N2O3S/c1-3-11-16(4-2)20(17,18)14-8-6-13(7-9-14)19-12-5-10-15/h1,6-9H,4-5,10-12,15H2,2H3. The van der Waals surface area contributed by atoms with Crippen molar-refractivity contribution in [3.63, 3.8) is 0 Å². The lowest BCUT2D eigenvalue weighted by molar-refractivity contribution is 0.313. The summed E-state index contributed by atoms with van der Waals surface area (Å²) in [4.78, 5) is 0.209. The largest absolute Gasteiger partial charge is 0.494 e. The minimum atomic E-state index is -3.54. The zero-order valence-electron chi connectivity index (χ0n) is 11.6. The molecule has 6 heteroatoms. The van der Waals surface area contributed by atoms with E-state index in [1.807, 2.05) is 0 Å². The molecular weight excluding hydrogens is 276 g/mol. The summed E-state index contributed by atoms with van der Waals surface area (Å²) in [5.41, 5.74) is 5.37. The van der Waals surface area contributed by atoms with Gasteiger partial charge in [-0.1, -0.05) is 12.8 Å². The van der Waals surface area contributed by atoms with Gasteiger partial charge < -0.3 is 10.5 Å². The molecule has 0 aliphatic rings. The molecule has 1 aromatic carbocycles. The number of sulfonamides is 1. The molecule has 0 aliphatic heterocycles. The molecule has 0 saturated carbocycles. The summed E-state index contributed by atoms with van der Waals surface area (Å²) in [6.07, 6.45) is 5.94. The Morgan fingerprint density at radius 3 is 2.50 bits per heavy atom. The fourth-order valence-electron chi connectivity index (χ4n) is 1.60. The number of nitrogens with zero attached hydrogens (tertiary/aromatic N) is 1. The van der Waals surface area contributed by atoms with E-state index in [2.05, 4.69) is 5.92 Å². The van der Waals surface area contributed by atoms with Gasteiger partial charge in [0.15, 0.2) is 0 Å². The minimum Gasteiger partial charge on any atom is -0.494 e. The van der Waals surface area contributed by atoms with E-state index in [1.165, 1.54) is 16.4 Å². The van der Waals surface area contributed by atoms with Gasteiger partial charge in [0.2, 0.25) is 10.0 Å². The molecule has 1 rings (SSSR count). The average Bonchev–Trinajstić information content (AvgIpc) is 2.45.